The molecule has 0 saturated heterocycles. The van der Waals surface area contributed by atoms with E-state index in [2.05, 4.69) is 10.5 Å². The Morgan fingerprint density at radius 2 is 1.77 bits per heavy atom. The SMILES string of the molecule is COc1cc(C)ccc1C(=O)N/N=C\c1ccccc1OCc1ccc(C(=O)O)cc1. The Hall–Kier alpha value is -4.13. The minimum atomic E-state index is -0.973. The fourth-order valence-electron chi connectivity index (χ4n) is 2.83. The van der Waals surface area contributed by atoms with Gasteiger partial charge in [0.05, 0.1) is 24.5 Å². The Bertz CT molecular complexity index is 1110. The summed E-state index contributed by atoms with van der Waals surface area (Å²) in [7, 11) is 1.51. The number of carbonyl (C=O) groups is 2. The van der Waals surface area contributed by atoms with Crippen LogP contribution in [0.2, 0.25) is 0 Å². The molecule has 3 aromatic carbocycles. The molecule has 2 N–H and O–H groups in total. The van der Waals surface area contributed by atoms with Crippen molar-refractivity contribution in [1.29, 1.82) is 0 Å². The number of hydrogen-bond donors (Lipinski definition) is 2. The van der Waals surface area contributed by atoms with Crippen molar-refractivity contribution in [2.24, 2.45) is 5.10 Å². The number of carboxylic acid groups (broad SMARTS) is 1. The van der Waals surface area contributed by atoms with Crippen molar-refractivity contribution in [2.45, 2.75) is 13.5 Å². The summed E-state index contributed by atoms with van der Waals surface area (Å²) >= 11 is 0. The molecule has 3 aromatic rings. The average molecular weight is 418 g/mol. The Balaban J connectivity index is 1.65. The number of rotatable bonds is 8. The lowest BCUT2D eigenvalue weighted by Gasteiger charge is -2.10. The first-order valence-electron chi connectivity index (χ1n) is 9.50. The molecule has 0 spiro atoms. The molecule has 0 unspecified atom stereocenters. The number of aryl methyl sites for hydroxylation is 1. The molecule has 3 rings (SSSR count). The van der Waals surface area contributed by atoms with Gasteiger partial charge in [-0.25, -0.2) is 10.2 Å². The summed E-state index contributed by atoms with van der Waals surface area (Å²) in [6.07, 6.45) is 1.50. The maximum absolute atomic E-state index is 12.4. The highest BCUT2D eigenvalue weighted by Crippen LogP contribution is 2.20. The smallest absolute Gasteiger partial charge is 0.335 e. The number of amides is 1. The number of aromatic carboxylic acids is 1. The zero-order valence-corrected chi connectivity index (χ0v) is 17.2. The van der Waals surface area contributed by atoms with Crippen LogP contribution in [0.1, 0.15) is 37.4 Å². The van der Waals surface area contributed by atoms with Crippen LogP contribution in [0.5, 0.6) is 11.5 Å². The van der Waals surface area contributed by atoms with Crippen molar-refractivity contribution in [3.05, 3.63) is 94.5 Å². The van der Waals surface area contributed by atoms with E-state index < -0.39 is 5.97 Å². The van der Waals surface area contributed by atoms with Gasteiger partial charge in [-0.1, -0.05) is 30.3 Å². The van der Waals surface area contributed by atoms with Crippen LogP contribution in [0.4, 0.5) is 0 Å². The second-order valence-electron chi connectivity index (χ2n) is 6.73. The van der Waals surface area contributed by atoms with Crippen molar-refractivity contribution in [3.63, 3.8) is 0 Å². The summed E-state index contributed by atoms with van der Waals surface area (Å²) in [6.45, 7) is 2.18. The Morgan fingerprint density at radius 1 is 1.03 bits per heavy atom. The van der Waals surface area contributed by atoms with Crippen LogP contribution >= 0.6 is 0 Å². The number of hydrazone groups is 1. The molecular formula is C24H22N2O5. The van der Waals surface area contributed by atoms with Crippen LogP contribution in [-0.4, -0.2) is 30.3 Å². The highest BCUT2D eigenvalue weighted by atomic mass is 16.5. The molecule has 0 aliphatic rings. The molecule has 1 amide bonds. The molecule has 0 radical (unpaired) electrons. The molecule has 0 fully saturated rings. The summed E-state index contributed by atoms with van der Waals surface area (Å²) in [5.41, 5.74) is 5.61. The van der Waals surface area contributed by atoms with Gasteiger partial charge in [0, 0.05) is 5.56 Å². The maximum Gasteiger partial charge on any atom is 0.335 e. The third-order valence-electron chi connectivity index (χ3n) is 4.49. The van der Waals surface area contributed by atoms with Crippen LogP contribution < -0.4 is 14.9 Å². The van der Waals surface area contributed by atoms with Gasteiger partial charge in [-0.05, 0) is 54.4 Å². The van der Waals surface area contributed by atoms with E-state index in [-0.39, 0.29) is 18.1 Å². The third kappa shape index (κ3) is 5.70. The normalized spacial score (nSPS) is 10.6. The average Bonchev–Trinajstić information content (AvgIpc) is 2.78. The minimum absolute atomic E-state index is 0.220. The zero-order chi connectivity index (χ0) is 22.2. The monoisotopic (exact) mass is 418 g/mol. The number of methoxy groups -OCH3 is 1. The predicted molar refractivity (Wildman–Crippen MR) is 117 cm³/mol. The second kappa shape index (κ2) is 10.1. The van der Waals surface area contributed by atoms with E-state index in [1.165, 1.54) is 25.5 Å². The van der Waals surface area contributed by atoms with Gasteiger partial charge in [0.25, 0.3) is 5.91 Å². The molecule has 0 aromatic heterocycles. The summed E-state index contributed by atoms with van der Waals surface area (Å²) in [5.74, 6) is -0.301. The van der Waals surface area contributed by atoms with E-state index in [1.807, 2.05) is 31.2 Å². The minimum Gasteiger partial charge on any atom is -0.496 e. The molecule has 0 aliphatic heterocycles. The number of carbonyl (C=O) groups excluding carboxylic acids is 1. The van der Waals surface area contributed by atoms with Crippen molar-refractivity contribution in [2.75, 3.05) is 7.11 Å². The number of benzene rings is 3. The van der Waals surface area contributed by atoms with Gasteiger partial charge in [0.1, 0.15) is 18.1 Å². The molecular weight excluding hydrogens is 396 g/mol. The molecule has 0 heterocycles. The van der Waals surface area contributed by atoms with Crippen LogP contribution in [0, 0.1) is 6.92 Å². The van der Waals surface area contributed by atoms with Crippen molar-refractivity contribution in [3.8, 4) is 11.5 Å². The fourth-order valence-corrected chi connectivity index (χ4v) is 2.83. The van der Waals surface area contributed by atoms with Crippen molar-refractivity contribution < 1.29 is 24.2 Å². The van der Waals surface area contributed by atoms with Crippen molar-refractivity contribution >= 4 is 18.1 Å². The Morgan fingerprint density at radius 3 is 2.48 bits per heavy atom. The van der Waals surface area contributed by atoms with E-state index in [0.717, 1.165) is 11.1 Å². The molecule has 0 atom stereocenters. The largest absolute Gasteiger partial charge is 0.496 e. The van der Waals surface area contributed by atoms with E-state index in [4.69, 9.17) is 14.6 Å². The molecule has 31 heavy (non-hydrogen) atoms. The lowest BCUT2D eigenvalue weighted by molar-refractivity contribution is 0.0696. The van der Waals surface area contributed by atoms with Crippen LogP contribution in [0.15, 0.2) is 71.8 Å². The summed E-state index contributed by atoms with van der Waals surface area (Å²) < 4.78 is 11.1. The first-order chi connectivity index (χ1) is 15.0. The summed E-state index contributed by atoms with van der Waals surface area (Å²) in [6, 6.07) is 19.0. The maximum atomic E-state index is 12.4. The summed E-state index contributed by atoms with van der Waals surface area (Å²) in [4.78, 5) is 23.4. The van der Waals surface area contributed by atoms with E-state index in [1.54, 1.807) is 30.3 Å². The van der Waals surface area contributed by atoms with Gasteiger partial charge in [-0.3, -0.25) is 4.79 Å². The fraction of sp³-hybridized carbons (Fsp3) is 0.125. The topological polar surface area (TPSA) is 97.2 Å². The number of hydrogen-bond acceptors (Lipinski definition) is 5. The highest BCUT2D eigenvalue weighted by molar-refractivity contribution is 5.97. The number of ether oxygens (including phenoxy) is 2. The molecule has 0 saturated carbocycles. The first kappa shape index (κ1) is 21.6. The number of nitrogens with one attached hydrogen (secondary N) is 1. The number of nitrogens with zero attached hydrogens (tertiary/aromatic N) is 1. The van der Waals surface area contributed by atoms with Crippen molar-refractivity contribution in [1.82, 2.24) is 5.43 Å². The standard InChI is InChI=1S/C24H22N2O5/c1-16-7-12-20(22(13-16)30-2)23(27)26-25-14-19-5-3-4-6-21(19)31-15-17-8-10-18(11-9-17)24(28)29/h3-14H,15H2,1-2H3,(H,26,27)(H,28,29)/b25-14-. The van der Waals surface area contributed by atoms with Gasteiger partial charge >= 0.3 is 5.97 Å². The third-order valence-corrected chi connectivity index (χ3v) is 4.49. The Kier molecular flexibility index (Phi) is 7.01. The quantitative estimate of drug-likeness (QED) is 0.425. The Labute approximate surface area is 179 Å². The molecule has 0 aliphatic carbocycles. The summed E-state index contributed by atoms with van der Waals surface area (Å²) in [5, 5.41) is 13.0. The van der Waals surface area contributed by atoms with Gasteiger partial charge in [0.15, 0.2) is 0 Å². The zero-order valence-electron chi connectivity index (χ0n) is 17.2. The van der Waals surface area contributed by atoms with Gasteiger partial charge in [-0.15, -0.1) is 0 Å². The van der Waals surface area contributed by atoms with Gasteiger partial charge in [0.2, 0.25) is 0 Å². The van der Waals surface area contributed by atoms with E-state index >= 15 is 0 Å². The lowest BCUT2D eigenvalue weighted by Crippen LogP contribution is -2.18. The predicted octanol–water partition coefficient (Wildman–Crippen LogP) is 4.04. The molecule has 0 bridgehead atoms. The van der Waals surface area contributed by atoms with E-state index in [0.29, 0.717) is 22.6 Å². The molecule has 7 nitrogen and oxygen atoms in total. The second-order valence-corrected chi connectivity index (χ2v) is 6.73. The number of para-hydroxylation sites is 1. The van der Waals surface area contributed by atoms with Crippen LogP contribution in [0.3, 0.4) is 0 Å². The van der Waals surface area contributed by atoms with Gasteiger partial charge in [-0.2, -0.15) is 5.10 Å². The van der Waals surface area contributed by atoms with Gasteiger partial charge < -0.3 is 14.6 Å². The lowest BCUT2D eigenvalue weighted by atomic mass is 10.1. The molecule has 158 valence electrons. The van der Waals surface area contributed by atoms with E-state index in [9.17, 15) is 9.59 Å². The van der Waals surface area contributed by atoms with Crippen LogP contribution in [-0.2, 0) is 6.61 Å². The molecule has 7 heteroatoms. The highest BCUT2D eigenvalue weighted by Gasteiger charge is 2.11. The first-order valence-corrected chi connectivity index (χ1v) is 9.50. The number of carboxylic acids is 1. The van der Waals surface area contributed by atoms with Crippen LogP contribution in [0.25, 0.3) is 0 Å².